The number of fused-ring (bicyclic) bond motifs is 1. The molecule has 1 aromatic carbocycles. The molecule has 0 aliphatic carbocycles. The topological polar surface area (TPSA) is 59.2 Å². The summed E-state index contributed by atoms with van der Waals surface area (Å²) in [5.74, 6) is -0.0266. The highest BCUT2D eigenvalue weighted by Crippen LogP contribution is 2.30. The molecular formula is C12H10ClN3OS. The average molecular weight is 280 g/mol. The molecule has 4 nitrogen and oxygen atoms in total. The number of benzene rings is 1. The van der Waals surface area contributed by atoms with Gasteiger partial charge in [-0.1, -0.05) is 17.7 Å². The standard InChI is InChI=1S/C12H10ClN3OS/c13-8-3-1-2-7(4-8)11(17)16-5-9-10(6-16)18-12(14)15-9/h1-4H,5-6H2,(H2,14,15). The molecule has 0 saturated carbocycles. The van der Waals surface area contributed by atoms with Gasteiger partial charge in [-0.15, -0.1) is 11.3 Å². The Morgan fingerprint density at radius 3 is 3.00 bits per heavy atom. The molecule has 0 spiro atoms. The highest BCUT2D eigenvalue weighted by Gasteiger charge is 2.27. The predicted octanol–water partition coefficient (Wildman–Crippen LogP) is 2.53. The predicted molar refractivity (Wildman–Crippen MR) is 71.6 cm³/mol. The fourth-order valence-electron chi connectivity index (χ4n) is 2.01. The highest BCUT2D eigenvalue weighted by atomic mass is 35.5. The lowest BCUT2D eigenvalue weighted by molar-refractivity contribution is 0.0751. The molecule has 0 bridgehead atoms. The molecule has 3 rings (SSSR count). The van der Waals surface area contributed by atoms with Gasteiger partial charge in [0.05, 0.1) is 23.7 Å². The lowest BCUT2D eigenvalue weighted by atomic mass is 10.2. The Balaban J connectivity index is 1.82. The third-order valence-corrected chi connectivity index (χ3v) is 3.98. The van der Waals surface area contributed by atoms with Crippen LogP contribution in [0.4, 0.5) is 5.13 Å². The van der Waals surface area contributed by atoms with E-state index in [0.717, 1.165) is 10.6 Å². The van der Waals surface area contributed by atoms with Crippen molar-refractivity contribution in [1.29, 1.82) is 0 Å². The molecule has 6 heteroatoms. The Morgan fingerprint density at radius 2 is 2.28 bits per heavy atom. The molecule has 0 fully saturated rings. The maximum absolute atomic E-state index is 12.3. The summed E-state index contributed by atoms with van der Waals surface area (Å²) in [6, 6.07) is 6.97. The number of halogens is 1. The molecular weight excluding hydrogens is 270 g/mol. The van der Waals surface area contributed by atoms with E-state index in [1.54, 1.807) is 29.2 Å². The SMILES string of the molecule is Nc1nc2c(s1)CN(C(=O)c1cccc(Cl)c1)C2. The Kier molecular flexibility index (Phi) is 2.72. The molecule has 18 heavy (non-hydrogen) atoms. The van der Waals surface area contributed by atoms with Crippen LogP contribution in [-0.2, 0) is 13.1 Å². The van der Waals surface area contributed by atoms with Crippen LogP contribution in [0.2, 0.25) is 5.02 Å². The third kappa shape index (κ3) is 1.95. The van der Waals surface area contributed by atoms with Crippen LogP contribution in [-0.4, -0.2) is 15.8 Å². The molecule has 1 aliphatic rings. The fourth-order valence-corrected chi connectivity index (χ4v) is 3.06. The molecule has 0 atom stereocenters. The van der Waals surface area contributed by atoms with Gasteiger partial charge >= 0.3 is 0 Å². The van der Waals surface area contributed by atoms with Gasteiger partial charge in [0.1, 0.15) is 0 Å². The summed E-state index contributed by atoms with van der Waals surface area (Å²) in [5, 5.41) is 1.13. The molecule has 0 saturated heterocycles. The number of carbonyl (C=O) groups is 1. The number of amides is 1. The van der Waals surface area contributed by atoms with Gasteiger partial charge in [-0.25, -0.2) is 4.98 Å². The molecule has 1 aliphatic heterocycles. The van der Waals surface area contributed by atoms with Crippen LogP contribution in [0.5, 0.6) is 0 Å². The van der Waals surface area contributed by atoms with Gasteiger partial charge in [0.2, 0.25) is 0 Å². The Bertz CT molecular complexity index is 602. The number of carbonyl (C=O) groups excluding carboxylic acids is 1. The van der Waals surface area contributed by atoms with Crippen LogP contribution in [0.15, 0.2) is 24.3 Å². The Labute approximate surface area is 113 Å². The van der Waals surface area contributed by atoms with E-state index < -0.39 is 0 Å². The number of hydrogen-bond donors (Lipinski definition) is 1. The summed E-state index contributed by atoms with van der Waals surface area (Å²) >= 11 is 7.33. The van der Waals surface area contributed by atoms with Crippen molar-refractivity contribution in [3.05, 3.63) is 45.4 Å². The summed E-state index contributed by atoms with van der Waals surface area (Å²) < 4.78 is 0. The number of aromatic nitrogens is 1. The van der Waals surface area contributed by atoms with E-state index >= 15 is 0 Å². The fraction of sp³-hybridized carbons (Fsp3) is 0.167. The lowest BCUT2D eigenvalue weighted by Crippen LogP contribution is -2.25. The Hall–Kier alpha value is -1.59. The minimum absolute atomic E-state index is 0.0266. The molecule has 0 unspecified atom stereocenters. The molecule has 92 valence electrons. The third-order valence-electron chi connectivity index (χ3n) is 2.83. The van der Waals surface area contributed by atoms with E-state index in [1.165, 1.54) is 11.3 Å². The summed E-state index contributed by atoms with van der Waals surface area (Å²) in [5.41, 5.74) is 7.14. The quantitative estimate of drug-likeness (QED) is 0.873. The van der Waals surface area contributed by atoms with Gasteiger partial charge in [-0.3, -0.25) is 4.79 Å². The number of nitrogens with zero attached hydrogens (tertiary/aromatic N) is 2. The number of nitrogen functional groups attached to an aromatic ring is 1. The average Bonchev–Trinajstić information content (AvgIpc) is 2.85. The number of anilines is 1. The van der Waals surface area contributed by atoms with E-state index in [-0.39, 0.29) is 5.91 Å². The smallest absolute Gasteiger partial charge is 0.254 e. The monoisotopic (exact) mass is 279 g/mol. The van der Waals surface area contributed by atoms with Gasteiger partial charge in [-0.2, -0.15) is 0 Å². The number of nitrogens with two attached hydrogens (primary N) is 1. The first-order valence-corrected chi connectivity index (χ1v) is 6.62. The zero-order valence-corrected chi connectivity index (χ0v) is 11.0. The second-order valence-corrected chi connectivity index (χ2v) is 5.65. The van der Waals surface area contributed by atoms with Crippen LogP contribution in [0.3, 0.4) is 0 Å². The summed E-state index contributed by atoms with van der Waals surface area (Å²) in [7, 11) is 0. The van der Waals surface area contributed by atoms with Crippen LogP contribution in [0.25, 0.3) is 0 Å². The van der Waals surface area contributed by atoms with Crippen LogP contribution in [0.1, 0.15) is 20.9 Å². The molecule has 0 radical (unpaired) electrons. The second kappa shape index (κ2) is 4.26. The van der Waals surface area contributed by atoms with E-state index in [9.17, 15) is 4.79 Å². The van der Waals surface area contributed by atoms with E-state index in [0.29, 0.717) is 28.8 Å². The van der Waals surface area contributed by atoms with Gasteiger partial charge in [0.15, 0.2) is 5.13 Å². The van der Waals surface area contributed by atoms with Gasteiger partial charge < -0.3 is 10.6 Å². The minimum Gasteiger partial charge on any atom is -0.375 e. The Morgan fingerprint density at radius 1 is 1.44 bits per heavy atom. The number of rotatable bonds is 1. The molecule has 2 N–H and O–H groups in total. The van der Waals surface area contributed by atoms with Crippen molar-refractivity contribution < 1.29 is 4.79 Å². The molecule has 1 amide bonds. The van der Waals surface area contributed by atoms with Crippen molar-refractivity contribution in [2.75, 3.05) is 5.73 Å². The molecule has 2 aromatic rings. The summed E-state index contributed by atoms with van der Waals surface area (Å²) in [6.45, 7) is 1.10. The van der Waals surface area contributed by atoms with Crippen molar-refractivity contribution in [2.45, 2.75) is 13.1 Å². The van der Waals surface area contributed by atoms with Crippen molar-refractivity contribution in [3.8, 4) is 0 Å². The molecule has 1 aromatic heterocycles. The van der Waals surface area contributed by atoms with Gasteiger partial charge in [0.25, 0.3) is 5.91 Å². The zero-order chi connectivity index (χ0) is 12.7. The van der Waals surface area contributed by atoms with E-state index in [4.69, 9.17) is 17.3 Å². The van der Waals surface area contributed by atoms with Gasteiger partial charge in [-0.05, 0) is 18.2 Å². The summed E-state index contributed by atoms with van der Waals surface area (Å²) in [6.07, 6.45) is 0. The van der Waals surface area contributed by atoms with Crippen molar-refractivity contribution in [2.24, 2.45) is 0 Å². The first kappa shape index (κ1) is 11.5. The van der Waals surface area contributed by atoms with Crippen molar-refractivity contribution in [3.63, 3.8) is 0 Å². The van der Waals surface area contributed by atoms with Crippen LogP contribution < -0.4 is 5.73 Å². The van der Waals surface area contributed by atoms with E-state index in [1.807, 2.05) is 0 Å². The first-order chi connectivity index (χ1) is 8.63. The number of thiazole rings is 1. The van der Waals surface area contributed by atoms with Crippen molar-refractivity contribution >= 4 is 34.0 Å². The lowest BCUT2D eigenvalue weighted by Gasteiger charge is -2.15. The number of hydrogen-bond acceptors (Lipinski definition) is 4. The minimum atomic E-state index is -0.0266. The molecule has 2 heterocycles. The van der Waals surface area contributed by atoms with Crippen LogP contribution in [0, 0.1) is 0 Å². The van der Waals surface area contributed by atoms with Crippen molar-refractivity contribution in [1.82, 2.24) is 9.88 Å². The summed E-state index contributed by atoms with van der Waals surface area (Å²) in [4.78, 5) is 19.3. The highest BCUT2D eigenvalue weighted by molar-refractivity contribution is 7.15. The van der Waals surface area contributed by atoms with Crippen LogP contribution >= 0.6 is 22.9 Å². The normalized spacial score (nSPS) is 13.7. The first-order valence-electron chi connectivity index (χ1n) is 5.42. The largest absolute Gasteiger partial charge is 0.375 e. The van der Waals surface area contributed by atoms with Gasteiger partial charge in [0, 0.05) is 10.6 Å². The maximum atomic E-state index is 12.3. The second-order valence-electron chi connectivity index (χ2n) is 4.09. The van der Waals surface area contributed by atoms with E-state index in [2.05, 4.69) is 4.98 Å². The zero-order valence-electron chi connectivity index (χ0n) is 9.39. The maximum Gasteiger partial charge on any atom is 0.254 e.